The molecular weight excluding hydrogens is 457 g/mol. The summed E-state index contributed by atoms with van der Waals surface area (Å²) in [7, 11) is 0. The van der Waals surface area contributed by atoms with Crippen molar-refractivity contribution in [3.05, 3.63) is 93.3 Å². The van der Waals surface area contributed by atoms with Crippen molar-refractivity contribution in [2.75, 3.05) is 5.75 Å². The predicted molar refractivity (Wildman–Crippen MR) is 132 cm³/mol. The van der Waals surface area contributed by atoms with Crippen LogP contribution in [0.4, 0.5) is 4.39 Å². The van der Waals surface area contributed by atoms with Crippen LogP contribution in [0.2, 0.25) is 0 Å². The Kier molecular flexibility index (Phi) is 7.57. The molecule has 33 heavy (non-hydrogen) atoms. The lowest BCUT2D eigenvalue weighted by molar-refractivity contribution is -0.119. The zero-order valence-corrected chi connectivity index (χ0v) is 19.8. The van der Waals surface area contributed by atoms with Crippen LogP contribution in [-0.4, -0.2) is 27.3 Å². The number of rotatable bonds is 9. The third-order valence-corrected chi connectivity index (χ3v) is 7.10. The molecular formula is C25H24FN3O2S2. The van der Waals surface area contributed by atoms with E-state index in [4.69, 9.17) is 0 Å². The first-order chi connectivity index (χ1) is 16.0. The number of nitrogens with zero attached hydrogens (tertiary/aromatic N) is 2. The molecule has 0 unspecified atom stereocenters. The highest BCUT2D eigenvalue weighted by molar-refractivity contribution is 7.99. The van der Waals surface area contributed by atoms with Gasteiger partial charge in [0.05, 0.1) is 17.8 Å². The lowest BCUT2D eigenvalue weighted by atomic mass is 10.1. The highest BCUT2D eigenvalue weighted by Crippen LogP contribution is 2.22. The van der Waals surface area contributed by atoms with Gasteiger partial charge in [0.2, 0.25) is 5.91 Å². The van der Waals surface area contributed by atoms with E-state index in [-0.39, 0.29) is 35.6 Å². The molecule has 2 aromatic heterocycles. The molecule has 0 aliphatic heterocycles. The van der Waals surface area contributed by atoms with E-state index in [1.54, 1.807) is 22.8 Å². The number of nitrogens with one attached hydrogen (secondary N) is 1. The van der Waals surface area contributed by atoms with Gasteiger partial charge in [-0.05, 0) is 54.5 Å². The fourth-order valence-corrected chi connectivity index (χ4v) is 5.08. The number of thioether (sulfide) groups is 1. The van der Waals surface area contributed by atoms with Crippen LogP contribution in [0.25, 0.3) is 10.2 Å². The summed E-state index contributed by atoms with van der Waals surface area (Å²) in [5, 5.41) is 5.33. The highest BCUT2D eigenvalue weighted by atomic mass is 32.2. The smallest absolute Gasteiger partial charge is 0.272 e. The van der Waals surface area contributed by atoms with E-state index < -0.39 is 0 Å². The minimum atomic E-state index is -0.328. The number of benzene rings is 2. The molecule has 0 saturated heterocycles. The van der Waals surface area contributed by atoms with Gasteiger partial charge in [-0.2, -0.15) is 0 Å². The number of carbonyl (C=O) groups excluding carboxylic acids is 1. The summed E-state index contributed by atoms with van der Waals surface area (Å²) >= 11 is 2.58. The lowest BCUT2D eigenvalue weighted by Gasteiger charge is -2.15. The molecule has 0 spiro atoms. The van der Waals surface area contributed by atoms with Crippen LogP contribution in [0.15, 0.2) is 76.0 Å². The Morgan fingerprint density at radius 2 is 1.88 bits per heavy atom. The number of aryl methyl sites for hydroxylation is 1. The fraction of sp³-hybridized carbons (Fsp3) is 0.240. The molecule has 0 aliphatic carbocycles. The number of amides is 1. The number of hydrogen-bond donors (Lipinski definition) is 1. The molecule has 0 aliphatic rings. The zero-order chi connectivity index (χ0) is 23.2. The van der Waals surface area contributed by atoms with Gasteiger partial charge in [-0.15, -0.1) is 11.3 Å². The topological polar surface area (TPSA) is 64.0 Å². The van der Waals surface area contributed by atoms with E-state index in [2.05, 4.69) is 22.4 Å². The van der Waals surface area contributed by atoms with Crippen molar-refractivity contribution in [2.24, 2.45) is 0 Å². The minimum absolute atomic E-state index is 0.0343. The van der Waals surface area contributed by atoms with E-state index in [1.165, 1.54) is 40.8 Å². The maximum Gasteiger partial charge on any atom is 0.272 e. The maximum absolute atomic E-state index is 13.3. The predicted octanol–water partition coefficient (Wildman–Crippen LogP) is 4.88. The van der Waals surface area contributed by atoms with Gasteiger partial charge >= 0.3 is 0 Å². The first kappa shape index (κ1) is 23.2. The minimum Gasteiger partial charge on any atom is -0.353 e. The number of carbonyl (C=O) groups is 1. The first-order valence-electron chi connectivity index (χ1n) is 10.7. The van der Waals surface area contributed by atoms with Gasteiger partial charge in [-0.1, -0.05) is 54.2 Å². The average molecular weight is 482 g/mol. The van der Waals surface area contributed by atoms with Gasteiger partial charge in [-0.25, -0.2) is 9.37 Å². The molecule has 5 nitrogen and oxygen atoms in total. The Morgan fingerprint density at radius 3 is 2.64 bits per heavy atom. The van der Waals surface area contributed by atoms with E-state index in [0.29, 0.717) is 15.4 Å². The molecule has 8 heteroatoms. The van der Waals surface area contributed by atoms with Crippen molar-refractivity contribution < 1.29 is 9.18 Å². The van der Waals surface area contributed by atoms with E-state index in [9.17, 15) is 14.0 Å². The number of hydrogen-bond acceptors (Lipinski definition) is 5. The molecule has 1 N–H and O–H groups in total. The SMILES string of the molecule is C[C@H](CCc1ccccc1)NC(=O)CSc1nc2ccsc2c(=O)n1Cc1ccc(F)cc1. The van der Waals surface area contributed by atoms with Gasteiger partial charge in [0, 0.05) is 6.04 Å². The second-order valence-corrected chi connectivity index (χ2v) is 9.69. The Labute approximate surface area is 199 Å². The lowest BCUT2D eigenvalue weighted by Crippen LogP contribution is -2.34. The summed E-state index contributed by atoms with van der Waals surface area (Å²) in [6, 6.07) is 18.0. The van der Waals surface area contributed by atoms with Crippen molar-refractivity contribution in [3.8, 4) is 0 Å². The van der Waals surface area contributed by atoms with Crippen LogP contribution in [0.3, 0.4) is 0 Å². The summed E-state index contributed by atoms with van der Waals surface area (Å²) in [4.78, 5) is 30.2. The van der Waals surface area contributed by atoms with Gasteiger partial charge in [-0.3, -0.25) is 14.2 Å². The highest BCUT2D eigenvalue weighted by Gasteiger charge is 2.15. The van der Waals surface area contributed by atoms with Crippen molar-refractivity contribution in [2.45, 2.75) is 37.5 Å². The largest absolute Gasteiger partial charge is 0.353 e. The molecule has 4 rings (SSSR count). The molecule has 0 radical (unpaired) electrons. The molecule has 170 valence electrons. The normalized spacial score (nSPS) is 12.1. The fourth-order valence-electron chi connectivity index (χ4n) is 3.49. The van der Waals surface area contributed by atoms with Crippen LogP contribution >= 0.6 is 23.1 Å². The first-order valence-corrected chi connectivity index (χ1v) is 12.5. The van der Waals surface area contributed by atoms with Crippen LogP contribution in [0.1, 0.15) is 24.5 Å². The molecule has 0 saturated carbocycles. The molecule has 4 aromatic rings. The Bertz CT molecular complexity index is 1290. The van der Waals surface area contributed by atoms with Crippen LogP contribution in [0.5, 0.6) is 0 Å². The maximum atomic E-state index is 13.3. The van der Waals surface area contributed by atoms with Crippen molar-refractivity contribution >= 4 is 39.2 Å². The van der Waals surface area contributed by atoms with Gasteiger partial charge in [0.25, 0.3) is 5.56 Å². The van der Waals surface area contributed by atoms with Crippen molar-refractivity contribution in [1.29, 1.82) is 0 Å². The molecule has 0 bridgehead atoms. The van der Waals surface area contributed by atoms with Crippen LogP contribution in [-0.2, 0) is 17.8 Å². The standard InChI is InChI=1S/C25H24FN3O2S2/c1-17(7-8-18-5-3-2-4-6-18)27-22(30)16-33-25-28-21-13-14-32-23(21)24(31)29(25)15-19-9-11-20(26)12-10-19/h2-6,9-14,17H,7-8,15-16H2,1H3,(H,27,30)/t17-/m1/s1. The summed E-state index contributed by atoms with van der Waals surface area (Å²) in [5.74, 6) is -0.277. The number of halogens is 1. The van der Waals surface area contributed by atoms with Crippen LogP contribution < -0.4 is 10.9 Å². The van der Waals surface area contributed by atoms with Gasteiger partial charge in [0.15, 0.2) is 5.16 Å². The molecule has 1 atom stereocenters. The Hall–Kier alpha value is -2.97. The monoisotopic (exact) mass is 481 g/mol. The molecule has 1 amide bonds. The van der Waals surface area contributed by atoms with Gasteiger partial charge in [0.1, 0.15) is 10.5 Å². The van der Waals surface area contributed by atoms with Crippen molar-refractivity contribution in [3.63, 3.8) is 0 Å². The third-order valence-electron chi connectivity index (χ3n) is 5.23. The number of fused-ring (bicyclic) bond motifs is 1. The summed E-state index contributed by atoms with van der Waals surface area (Å²) in [5.41, 5.74) is 2.50. The molecule has 2 heterocycles. The summed E-state index contributed by atoms with van der Waals surface area (Å²) in [6.07, 6.45) is 1.73. The number of aromatic nitrogens is 2. The molecule has 0 fully saturated rings. The molecule has 2 aromatic carbocycles. The second kappa shape index (κ2) is 10.8. The Balaban J connectivity index is 1.43. The quantitative estimate of drug-likeness (QED) is 0.274. The summed E-state index contributed by atoms with van der Waals surface area (Å²) < 4.78 is 15.4. The Morgan fingerprint density at radius 1 is 1.12 bits per heavy atom. The zero-order valence-electron chi connectivity index (χ0n) is 18.2. The number of thiophene rings is 1. The van der Waals surface area contributed by atoms with Crippen LogP contribution in [0, 0.1) is 5.82 Å². The van der Waals surface area contributed by atoms with E-state index >= 15 is 0 Å². The van der Waals surface area contributed by atoms with E-state index in [0.717, 1.165) is 18.4 Å². The van der Waals surface area contributed by atoms with Crippen molar-refractivity contribution in [1.82, 2.24) is 14.9 Å². The second-order valence-electron chi connectivity index (χ2n) is 7.83. The third kappa shape index (κ3) is 6.09. The summed E-state index contributed by atoms with van der Waals surface area (Å²) in [6.45, 7) is 2.25. The average Bonchev–Trinajstić information content (AvgIpc) is 3.29. The van der Waals surface area contributed by atoms with Gasteiger partial charge < -0.3 is 5.32 Å². The van der Waals surface area contributed by atoms with E-state index in [1.807, 2.05) is 30.5 Å².